The zero-order valence-electron chi connectivity index (χ0n) is 11.3. The number of rotatable bonds is 4. The van der Waals surface area contributed by atoms with Crippen LogP contribution in [0.4, 0.5) is 5.13 Å². The van der Waals surface area contributed by atoms with E-state index in [4.69, 9.17) is 0 Å². The van der Waals surface area contributed by atoms with Crippen molar-refractivity contribution in [3.8, 4) is 0 Å². The largest absolute Gasteiger partial charge is 0.301 e. The first-order valence-electron chi connectivity index (χ1n) is 6.61. The highest BCUT2D eigenvalue weighted by Gasteiger charge is 2.25. The Balaban J connectivity index is 2.05. The number of nitrogens with one attached hydrogen (secondary N) is 2. The lowest BCUT2D eigenvalue weighted by molar-refractivity contribution is -0.114. The Morgan fingerprint density at radius 2 is 1.85 bits per heavy atom. The molecule has 9 heteroatoms. The Hall–Kier alpha value is -1.06. The van der Waals surface area contributed by atoms with Crippen molar-refractivity contribution >= 4 is 32.4 Å². The second-order valence-corrected chi connectivity index (χ2v) is 7.73. The van der Waals surface area contributed by atoms with E-state index in [2.05, 4.69) is 20.2 Å². The molecule has 1 heterocycles. The average Bonchev–Trinajstić information content (AvgIpc) is 2.67. The number of hydrogen-bond donors (Lipinski definition) is 2. The van der Waals surface area contributed by atoms with Crippen LogP contribution in [0.2, 0.25) is 0 Å². The third kappa shape index (κ3) is 4.22. The maximum atomic E-state index is 12.2. The van der Waals surface area contributed by atoms with E-state index < -0.39 is 10.0 Å². The predicted molar refractivity (Wildman–Crippen MR) is 76.0 cm³/mol. The molecule has 1 aromatic heterocycles. The van der Waals surface area contributed by atoms with Crippen LogP contribution in [0.15, 0.2) is 4.34 Å². The number of amides is 1. The van der Waals surface area contributed by atoms with Gasteiger partial charge in [0.25, 0.3) is 10.0 Å². The van der Waals surface area contributed by atoms with E-state index in [1.807, 2.05) is 0 Å². The number of sulfonamides is 1. The molecule has 0 unspecified atom stereocenters. The highest BCUT2D eigenvalue weighted by molar-refractivity contribution is 7.91. The van der Waals surface area contributed by atoms with Gasteiger partial charge in [-0.2, -0.15) is 0 Å². The van der Waals surface area contributed by atoms with E-state index in [1.54, 1.807) is 0 Å². The molecule has 1 aromatic rings. The zero-order valence-corrected chi connectivity index (χ0v) is 12.9. The monoisotopic (exact) mass is 318 g/mol. The summed E-state index contributed by atoms with van der Waals surface area (Å²) in [6.07, 6.45) is 6.11. The van der Waals surface area contributed by atoms with Crippen molar-refractivity contribution < 1.29 is 13.2 Å². The summed E-state index contributed by atoms with van der Waals surface area (Å²) in [5, 5.41) is 9.90. The molecule has 112 valence electrons. The average molecular weight is 318 g/mol. The minimum Gasteiger partial charge on any atom is -0.301 e. The molecule has 2 rings (SSSR count). The molecule has 0 aliphatic heterocycles. The molecule has 2 N–H and O–H groups in total. The summed E-state index contributed by atoms with van der Waals surface area (Å²) >= 11 is 0.857. The second-order valence-electron chi connectivity index (χ2n) is 4.86. The molecule has 0 bridgehead atoms. The molecular weight excluding hydrogens is 300 g/mol. The van der Waals surface area contributed by atoms with Gasteiger partial charge in [0.15, 0.2) is 0 Å². The van der Waals surface area contributed by atoms with Crippen LogP contribution < -0.4 is 10.0 Å². The molecule has 1 saturated carbocycles. The maximum absolute atomic E-state index is 12.2. The molecule has 0 aromatic carbocycles. The fourth-order valence-corrected chi connectivity index (χ4v) is 4.45. The van der Waals surface area contributed by atoms with Crippen LogP contribution in [-0.4, -0.2) is 30.6 Å². The Morgan fingerprint density at radius 1 is 1.20 bits per heavy atom. The van der Waals surface area contributed by atoms with Crippen molar-refractivity contribution in [3.05, 3.63) is 0 Å². The quantitative estimate of drug-likeness (QED) is 0.647. The lowest BCUT2D eigenvalue weighted by Crippen LogP contribution is -2.34. The molecule has 1 aliphatic rings. The van der Waals surface area contributed by atoms with Gasteiger partial charge in [-0.25, -0.2) is 13.1 Å². The Bertz CT molecular complexity index is 562. The van der Waals surface area contributed by atoms with Gasteiger partial charge in [-0.05, 0) is 12.8 Å². The highest BCUT2D eigenvalue weighted by atomic mass is 32.2. The highest BCUT2D eigenvalue weighted by Crippen LogP contribution is 2.22. The number of carbonyl (C=O) groups is 1. The van der Waals surface area contributed by atoms with Gasteiger partial charge in [-0.3, -0.25) is 4.79 Å². The van der Waals surface area contributed by atoms with E-state index in [0.717, 1.165) is 49.9 Å². The molecule has 0 atom stereocenters. The van der Waals surface area contributed by atoms with Gasteiger partial charge in [0.1, 0.15) is 0 Å². The standard InChI is InChI=1S/C11H18N4O3S2/c1-8(16)12-10-13-14-11(19-10)20(17,18)15-9-6-4-2-3-5-7-9/h9,15H,2-7H2,1H3,(H,12,13,16). The number of hydrogen-bond acceptors (Lipinski definition) is 6. The minimum atomic E-state index is -3.65. The second kappa shape index (κ2) is 6.59. The van der Waals surface area contributed by atoms with Crippen LogP contribution in [0.1, 0.15) is 45.4 Å². The predicted octanol–water partition coefficient (Wildman–Crippen LogP) is 1.50. The zero-order chi connectivity index (χ0) is 14.6. The molecule has 0 spiro atoms. The Labute approximate surface area is 122 Å². The van der Waals surface area contributed by atoms with Gasteiger partial charge in [-0.15, -0.1) is 10.2 Å². The molecule has 0 radical (unpaired) electrons. The number of anilines is 1. The van der Waals surface area contributed by atoms with Gasteiger partial charge in [0, 0.05) is 13.0 Å². The first-order valence-corrected chi connectivity index (χ1v) is 8.91. The van der Waals surface area contributed by atoms with Crippen LogP contribution in [0, 0.1) is 0 Å². The molecule has 1 aliphatic carbocycles. The summed E-state index contributed by atoms with van der Waals surface area (Å²) in [5.74, 6) is -0.304. The SMILES string of the molecule is CC(=O)Nc1nnc(S(=O)(=O)NC2CCCCCC2)s1. The molecule has 20 heavy (non-hydrogen) atoms. The van der Waals surface area contributed by atoms with E-state index in [1.165, 1.54) is 6.92 Å². The topological polar surface area (TPSA) is 101 Å². The van der Waals surface area contributed by atoms with Crippen molar-refractivity contribution in [2.45, 2.75) is 55.8 Å². The van der Waals surface area contributed by atoms with Gasteiger partial charge < -0.3 is 5.32 Å². The van der Waals surface area contributed by atoms with Gasteiger partial charge in [0.05, 0.1) is 0 Å². The van der Waals surface area contributed by atoms with E-state index >= 15 is 0 Å². The summed E-state index contributed by atoms with van der Waals surface area (Å²) in [5.41, 5.74) is 0. The number of aromatic nitrogens is 2. The summed E-state index contributed by atoms with van der Waals surface area (Å²) in [6.45, 7) is 1.33. The van der Waals surface area contributed by atoms with Crippen LogP contribution in [-0.2, 0) is 14.8 Å². The first kappa shape index (κ1) is 15.3. The maximum Gasteiger partial charge on any atom is 0.270 e. The molecule has 0 saturated heterocycles. The number of carbonyl (C=O) groups excluding carboxylic acids is 1. The minimum absolute atomic E-state index is 0.0318. The van der Waals surface area contributed by atoms with Crippen molar-refractivity contribution in [2.24, 2.45) is 0 Å². The Kier molecular flexibility index (Phi) is 5.06. The third-order valence-corrected chi connectivity index (χ3v) is 5.82. The summed E-state index contributed by atoms with van der Waals surface area (Å²) in [7, 11) is -3.65. The van der Waals surface area contributed by atoms with E-state index in [-0.39, 0.29) is 21.4 Å². The number of nitrogens with zero attached hydrogens (tertiary/aromatic N) is 2. The van der Waals surface area contributed by atoms with Crippen LogP contribution >= 0.6 is 11.3 Å². The van der Waals surface area contributed by atoms with Crippen LogP contribution in [0.5, 0.6) is 0 Å². The van der Waals surface area contributed by atoms with Gasteiger partial charge in [0.2, 0.25) is 15.4 Å². The molecular formula is C11H18N4O3S2. The first-order chi connectivity index (χ1) is 9.47. The molecule has 1 fully saturated rings. The normalized spacial score (nSPS) is 17.6. The fraction of sp³-hybridized carbons (Fsp3) is 0.727. The molecule has 7 nitrogen and oxygen atoms in total. The van der Waals surface area contributed by atoms with Crippen LogP contribution in [0.3, 0.4) is 0 Å². The summed E-state index contributed by atoms with van der Waals surface area (Å²) < 4.78 is 27.0. The summed E-state index contributed by atoms with van der Waals surface area (Å²) in [6, 6.07) is -0.0318. The lowest BCUT2D eigenvalue weighted by Gasteiger charge is -2.14. The van der Waals surface area contributed by atoms with Crippen molar-refractivity contribution in [1.29, 1.82) is 0 Å². The third-order valence-electron chi connectivity index (χ3n) is 3.10. The van der Waals surface area contributed by atoms with E-state index in [9.17, 15) is 13.2 Å². The van der Waals surface area contributed by atoms with Gasteiger partial charge >= 0.3 is 0 Å². The fourth-order valence-electron chi connectivity index (χ4n) is 2.19. The summed E-state index contributed by atoms with van der Waals surface area (Å²) in [4.78, 5) is 10.9. The Morgan fingerprint density at radius 3 is 2.45 bits per heavy atom. The van der Waals surface area contributed by atoms with Gasteiger partial charge in [-0.1, -0.05) is 37.0 Å². The van der Waals surface area contributed by atoms with Crippen molar-refractivity contribution in [1.82, 2.24) is 14.9 Å². The smallest absolute Gasteiger partial charge is 0.270 e. The lowest BCUT2D eigenvalue weighted by atomic mass is 10.1. The van der Waals surface area contributed by atoms with Crippen molar-refractivity contribution in [2.75, 3.05) is 5.32 Å². The van der Waals surface area contributed by atoms with Crippen LogP contribution in [0.25, 0.3) is 0 Å². The van der Waals surface area contributed by atoms with Crippen molar-refractivity contribution in [3.63, 3.8) is 0 Å². The molecule has 1 amide bonds. The van der Waals surface area contributed by atoms with E-state index in [0.29, 0.717) is 0 Å².